The van der Waals surface area contributed by atoms with Crippen LogP contribution < -0.4 is 0 Å². The van der Waals surface area contributed by atoms with Crippen molar-refractivity contribution in [2.24, 2.45) is 5.92 Å². The summed E-state index contributed by atoms with van der Waals surface area (Å²) in [6, 6.07) is 0.774. The van der Waals surface area contributed by atoms with Gasteiger partial charge in [-0.05, 0) is 97.2 Å². The van der Waals surface area contributed by atoms with Crippen LogP contribution >= 0.6 is 0 Å². The summed E-state index contributed by atoms with van der Waals surface area (Å²) >= 11 is 0. The minimum atomic E-state index is 0.774. The average molecular weight is 328 g/mol. The molecule has 0 spiro atoms. The van der Waals surface area contributed by atoms with Gasteiger partial charge in [-0.1, -0.05) is 5.57 Å². The first-order valence-electron chi connectivity index (χ1n) is 9.72. The summed E-state index contributed by atoms with van der Waals surface area (Å²) in [6.07, 6.45) is 13.4. The number of rotatable bonds is 4. The molecule has 2 aliphatic carbocycles. The molecule has 132 valence electrons. The molecule has 1 aromatic rings. The smallest absolute Gasteiger partial charge is 0.115 e. The Morgan fingerprint density at radius 2 is 1.71 bits per heavy atom. The van der Waals surface area contributed by atoms with E-state index in [1.54, 1.807) is 17.5 Å². The minimum absolute atomic E-state index is 0.774. The number of allylic oxidation sites excluding steroid dienone is 2. The highest BCUT2D eigenvalue weighted by Gasteiger charge is 2.25. The van der Waals surface area contributed by atoms with Gasteiger partial charge < -0.3 is 4.90 Å². The highest BCUT2D eigenvalue weighted by atomic mass is 15.1. The Labute approximate surface area is 147 Å². The van der Waals surface area contributed by atoms with Crippen LogP contribution in [0.2, 0.25) is 0 Å². The first-order chi connectivity index (χ1) is 11.6. The molecule has 24 heavy (non-hydrogen) atoms. The number of aromatic nitrogens is 2. The summed E-state index contributed by atoms with van der Waals surface area (Å²) in [7, 11) is 4.43. The van der Waals surface area contributed by atoms with Crippen molar-refractivity contribution in [1.29, 1.82) is 0 Å². The van der Waals surface area contributed by atoms with Crippen molar-refractivity contribution in [3.8, 4) is 0 Å². The fourth-order valence-electron chi connectivity index (χ4n) is 4.60. The van der Waals surface area contributed by atoms with E-state index in [-0.39, 0.29) is 0 Å². The van der Waals surface area contributed by atoms with Gasteiger partial charge in [-0.2, -0.15) is 0 Å². The van der Waals surface area contributed by atoms with E-state index >= 15 is 0 Å². The fraction of sp³-hybridized carbons (Fsp3) is 0.714. The van der Waals surface area contributed by atoms with Crippen molar-refractivity contribution in [2.75, 3.05) is 14.1 Å². The van der Waals surface area contributed by atoms with Gasteiger partial charge >= 0.3 is 0 Å². The zero-order chi connectivity index (χ0) is 17.1. The van der Waals surface area contributed by atoms with Gasteiger partial charge in [0.2, 0.25) is 0 Å². The molecule has 0 aromatic carbocycles. The lowest BCUT2D eigenvalue weighted by Gasteiger charge is -2.33. The van der Waals surface area contributed by atoms with Crippen molar-refractivity contribution in [1.82, 2.24) is 14.9 Å². The fourth-order valence-corrected chi connectivity index (χ4v) is 4.60. The Bertz CT molecular complexity index is 595. The maximum atomic E-state index is 4.74. The molecule has 0 saturated heterocycles. The van der Waals surface area contributed by atoms with E-state index in [0.717, 1.165) is 18.4 Å². The van der Waals surface area contributed by atoms with Crippen LogP contribution in [0.25, 0.3) is 5.57 Å². The van der Waals surface area contributed by atoms with Gasteiger partial charge in [0, 0.05) is 17.3 Å². The molecule has 1 aromatic heterocycles. The molecule has 3 nitrogen and oxygen atoms in total. The largest absolute Gasteiger partial charge is 0.306 e. The highest BCUT2D eigenvalue weighted by molar-refractivity contribution is 5.72. The van der Waals surface area contributed by atoms with Crippen LogP contribution in [0.5, 0.6) is 0 Å². The lowest BCUT2D eigenvalue weighted by Crippen LogP contribution is -2.32. The number of hydrogen-bond donors (Lipinski definition) is 0. The van der Waals surface area contributed by atoms with E-state index in [1.165, 1.54) is 68.3 Å². The second kappa shape index (κ2) is 7.77. The number of hydrogen-bond acceptors (Lipinski definition) is 3. The second-order valence-corrected chi connectivity index (χ2v) is 8.09. The van der Waals surface area contributed by atoms with E-state index in [9.17, 15) is 0 Å². The third kappa shape index (κ3) is 3.88. The van der Waals surface area contributed by atoms with E-state index in [0.29, 0.717) is 0 Å². The second-order valence-electron chi connectivity index (χ2n) is 8.09. The van der Waals surface area contributed by atoms with Crippen LogP contribution in [-0.4, -0.2) is 35.0 Å². The van der Waals surface area contributed by atoms with Gasteiger partial charge in [0.25, 0.3) is 0 Å². The number of aryl methyl sites for hydroxylation is 1. The molecule has 1 fully saturated rings. The first-order valence-corrected chi connectivity index (χ1v) is 9.72. The Balaban J connectivity index is 1.79. The predicted molar refractivity (Wildman–Crippen MR) is 101 cm³/mol. The van der Waals surface area contributed by atoms with Gasteiger partial charge in [0.05, 0.1) is 5.69 Å². The van der Waals surface area contributed by atoms with Crippen LogP contribution in [-0.2, 0) is 6.42 Å². The molecule has 3 heteroatoms. The lowest BCUT2D eigenvalue weighted by molar-refractivity contribution is 0.192. The third-order valence-corrected chi connectivity index (χ3v) is 6.19. The molecule has 0 atom stereocenters. The van der Waals surface area contributed by atoms with Gasteiger partial charge in [-0.15, -0.1) is 0 Å². The summed E-state index contributed by atoms with van der Waals surface area (Å²) < 4.78 is 0. The molecule has 1 saturated carbocycles. The van der Waals surface area contributed by atoms with E-state index < -0.39 is 0 Å². The normalized spacial score (nSPS) is 25.4. The minimum Gasteiger partial charge on any atom is -0.306 e. The van der Waals surface area contributed by atoms with Crippen molar-refractivity contribution in [2.45, 2.75) is 77.7 Å². The van der Waals surface area contributed by atoms with Crippen molar-refractivity contribution in [3.63, 3.8) is 0 Å². The topological polar surface area (TPSA) is 29.0 Å². The maximum absolute atomic E-state index is 4.74. The molecule has 2 aliphatic rings. The van der Waals surface area contributed by atoms with Crippen LogP contribution in [0.1, 0.15) is 75.2 Å². The summed E-state index contributed by atoms with van der Waals surface area (Å²) in [4.78, 5) is 11.7. The molecule has 0 aliphatic heterocycles. The molecule has 1 heterocycles. The summed E-state index contributed by atoms with van der Waals surface area (Å²) in [6.45, 7) is 4.48. The Morgan fingerprint density at radius 3 is 2.38 bits per heavy atom. The third-order valence-electron chi connectivity index (χ3n) is 6.19. The quantitative estimate of drug-likeness (QED) is 0.796. The van der Waals surface area contributed by atoms with Gasteiger partial charge in [0.1, 0.15) is 6.33 Å². The van der Waals surface area contributed by atoms with Crippen LogP contribution in [0.4, 0.5) is 0 Å². The lowest BCUT2D eigenvalue weighted by atomic mass is 9.80. The van der Waals surface area contributed by atoms with Crippen molar-refractivity contribution in [3.05, 3.63) is 28.9 Å². The summed E-state index contributed by atoms with van der Waals surface area (Å²) in [5.41, 5.74) is 7.00. The summed E-state index contributed by atoms with van der Waals surface area (Å²) in [5, 5.41) is 0. The standard InChI is InChI=1S/C21H33N3/c1-15-7-5-6-8-19(15)21-16(2)22-14-23-20(21)13-17-9-11-18(12-10-17)24(3)4/h14,17-18H,5-13H2,1-4H3. The molecule has 0 radical (unpaired) electrons. The molecule has 3 rings (SSSR count). The Hall–Kier alpha value is -1.22. The van der Waals surface area contributed by atoms with Crippen LogP contribution in [0.15, 0.2) is 11.9 Å². The van der Waals surface area contributed by atoms with Gasteiger partial charge in [-0.25, -0.2) is 9.97 Å². The number of nitrogens with zero attached hydrogens (tertiary/aromatic N) is 3. The molecule has 0 amide bonds. The van der Waals surface area contributed by atoms with Crippen LogP contribution in [0, 0.1) is 12.8 Å². The Kier molecular flexibility index (Phi) is 5.70. The zero-order valence-electron chi connectivity index (χ0n) is 15.9. The monoisotopic (exact) mass is 327 g/mol. The molecule has 0 unspecified atom stereocenters. The Morgan fingerprint density at radius 1 is 1.00 bits per heavy atom. The molecule has 0 N–H and O–H groups in total. The maximum Gasteiger partial charge on any atom is 0.115 e. The summed E-state index contributed by atoms with van der Waals surface area (Å²) in [5.74, 6) is 0.791. The van der Waals surface area contributed by atoms with E-state index in [1.807, 2.05) is 0 Å². The van der Waals surface area contributed by atoms with Crippen molar-refractivity contribution < 1.29 is 0 Å². The van der Waals surface area contributed by atoms with E-state index in [2.05, 4.69) is 37.8 Å². The van der Waals surface area contributed by atoms with Crippen molar-refractivity contribution >= 4 is 5.57 Å². The SMILES string of the molecule is CC1=C(c2c(C)ncnc2CC2CCC(N(C)C)CC2)CCCC1. The molecular formula is C21H33N3. The molecular weight excluding hydrogens is 294 g/mol. The first kappa shape index (κ1) is 17.6. The molecule has 0 bridgehead atoms. The van der Waals surface area contributed by atoms with Gasteiger partial charge in [0.15, 0.2) is 0 Å². The van der Waals surface area contributed by atoms with E-state index in [4.69, 9.17) is 4.98 Å². The van der Waals surface area contributed by atoms with Crippen LogP contribution in [0.3, 0.4) is 0 Å². The predicted octanol–water partition coefficient (Wildman–Crippen LogP) is 4.80. The average Bonchev–Trinajstić information content (AvgIpc) is 2.57. The zero-order valence-corrected chi connectivity index (χ0v) is 15.9. The highest BCUT2D eigenvalue weighted by Crippen LogP contribution is 2.36. The van der Waals surface area contributed by atoms with Gasteiger partial charge in [-0.3, -0.25) is 0 Å².